The van der Waals surface area contributed by atoms with Gasteiger partial charge in [-0.05, 0) is 29.9 Å². The summed E-state index contributed by atoms with van der Waals surface area (Å²) >= 11 is 2.05. The molecule has 0 saturated carbocycles. The molecule has 2 unspecified atom stereocenters. The highest BCUT2D eigenvalue weighted by molar-refractivity contribution is 7.99. The van der Waals surface area contributed by atoms with Crippen molar-refractivity contribution in [1.82, 2.24) is 0 Å². The van der Waals surface area contributed by atoms with Gasteiger partial charge in [0.1, 0.15) is 0 Å². The minimum atomic E-state index is 0.684. The Morgan fingerprint density at radius 2 is 1.75 bits per heavy atom. The first-order chi connectivity index (χ1) is 5.70. The highest BCUT2D eigenvalue weighted by Gasteiger charge is 2.03. The Kier molecular flexibility index (Phi) is 8.14. The van der Waals surface area contributed by atoms with Gasteiger partial charge in [0.05, 0.1) is 0 Å². The largest absolute Gasteiger partial charge is 0.330 e. The Labute approximate surface area is 81.5 Å². The van der Waals surface area contributed by atoms with Gasteiger partial charge in [0.25, 0.3) is 0 Å². The van der Waals surface area contributed by atoms with Crippen molar-refractivity contribution in [1.29, 1.82) is 0 Å². The molecule has 0 amide bonds. The van der Waals surface area contributed by atoms with Crippen molar-refractivity contribution >= 4 is 11.8 Å². The molecule has 0 fully saturated rings. The van der Waals surface area contributed by atoms with Gasteiger partial charge in [0.15, 0.2) is 0 Å². The van der Waals surface area contributed by atoms with Crippen molar-refractivity contribution in [2.24, 2.45) is 17.6 Å². The molecule has 12 heavy (non-hydrogen) atoms. The van der Waals surface area contributed by atoms with Gasteiger partial charge in [-0.15, -0.1) is 0 Å². The van der Waals surface area contributed by atoms with Crippen LogP contribution in [0.3, 0.4) is 0 Å². The first-order valence-electron chi connectivity index (χ1n) is 4.98. The first kappa shape index (κ1) is 12.3. The number of thioether (sulfide) groups is 1. The van der Waals surface area contributed by atoms with E-state index in [2.05, 4.69) is 32.5 Å². The molecule has 0 aliphatic rings. The molecule has 0 bridgehead atoms. The van der Waals surface area contributed by atoms with Gasteiger partial charge in [-0.25, -0.2) is 0 Å². The van der Waals surface area contributed by atoms with Crippen molar-refractivity contribution < 1.29 is 0 Å². The molecular formula is C10H23NS. The van der Waals surface area contributed by atoms with E-state index in [1.165, 1.54) is 24.3 Å². The highest BCUT2D eigenvalue weighted by atomic mass is 32.2. The van der Waals surface area contributed by atoms with Gasteiger partial charge in [0.2, 0.25) is 0 Å². The van der Waals surface area contributed by atoms with Crippen LogP contribution in [0, 0.1) is 11.8 Å². The quantitative estimate of drug-likeness (QED) is 0.666. The summed E-state index contributed by atoms with van der Waals surface area (Å²) in [7, 11) is 0. The van der Waals surface area contributed by atoms with Crippen LogP contribution in [-0.4, -0.2) is 18.1 Å². The summed E-state index contributed by atoms with van der Waals surface area (Å²) in [5.41, 5.74) is 5.53. The smallest absolute Gasteiger partial charge is 0.00296 e. The maximum atomic E-state index is 5.53. The molecule has 0 aromatic rings. The Balaban J connectivity index is 3.18. The first-order valence-corrected chi connectivity index (χ1v) is 6.14. The molecule has 1 nitrogen and oxygen atoms in total. The molecule has 0 aromatic carbocycles. The highest BCUT2D eigenvalue weighted by Crippen LogP contribution is 2.15. The van der Waals surface area contributed by atoms with Gasteiger partial charge in [-0.2, -0.15) is 11.8 Å². The molecule has 0 rings (SSSR count). The molecule has 0 aromatic heterocycles. The van der Waals surface area contributed by atoms with Crippen LogP contribution in [0.4, 0.5) is 0 Å². The summed E-state index contributed by atoms with van der Waals surface area (Å²) in [5, 5.41) is 0. The van der Waals surface area contributed by atoms with Crippen LogP contribution >= 0.6 is 11.8 Å². The van der Waals surface area contributed by atoms with E-state index in [0.717, 1.165) is 12.5 Å². The second kappa shape index (κ2) is 7.93. The summed E-state index contributed by atoms with van der Waals surface area (Å²) in [6, 6.07) is 0. The lowest BCUT2D eigenvalue weighted by molar-refractivity contribution is 0.583. The summed E-state index contributed by atoms with van der Waals surface area (Å²) < 4.78 is 0. The number of hydrogen-bond acceptors (Lipinski definition) is 2. The third-order valence-electron chi connectivity index (χ3n) is 1.99. The minimum absolute atomic E-state index is 0.684. The molecule has 74 valence electrons. The fraction of sp³-hybridized carbons (Fsp3) is 1.00. The van der Waals surface area contributed by atoms with Gasteiger partial charge in [-0.3, -0.25) is 0 Å². The average molecular weight is 189 g/mol. The summed E-state index contributed by atoms with van der Waals surface area (Å²) in [6.45, 7) is 7.64. The molecular weight excluding hydrogens is 166 g/mol. The zero-order valence-corrected chi connectivity index (χ0v) is 9.49. The fourth-order valence-electron chi connectivity index (χ4n) is 1.11. The molecule has 0 saturated heterocycles. The zero-order valence-electron chi connectivity index (χ0n) is 8.68. The standard InChI is InChI=1S/C10H23NS/c1-4-5-9(2)7-12-8-10(3)6-11/h9-10H,4-8,11H2,1-3H3. The maximum absolute atomic E-state index is 5.53. The third-order valence-corrected chi connectivity index (χ3v) is 3.60. The van der Waals surface area contributed by atoms with Crippen molar-refractivity contribution in [3.63, 3.8) is 0 Å². The van der Waals surface area contributed by atoms with Crippen LogP contribution in [-0.2, 0) is 0 Å². The van der Waals surface area contributed by atoms with E-state index in [1.807, 2.05) is 0 Å². The lowest BCUT2D eigenvalue weighted by Crippen LogP contribution is -2.13. The minimum Gasteiger partial charge on any atom is -0.330 e. The lowest BCUT2D eigenvalue weighted by Gasteiger charge is -2.11. The Hall–Kier alpha value is 0.310. The van der Waals surface area contributed by atoms with Crippen molar-refractivity contribution in [3.05, 3.63) is 0 Å². The van der Waals surface area contributed by atoms with Crippen LogP contribution < -0.4 is 5.73 Å². The number of hydrogen-bond donors (Lipinski definition) is 1. The maximum Gasteiger partial charge on any atom is -0.00296 e. The third kappa shape index (κ3) is 6.99. The van der Waals surface area contributed by atoms with E-state index < -0.39 is 0 Å². The monoisotopic (exact) mass is 189 g/mol. The molecule has 0 heterocycles. The molecule has 0 spiro atoms. The van der Waals surface area contributed by atoms with Crippen molar-refractivity contribution in [2.45, 2.75) is 33.6 Å². The van der Waals surface area contributed by atoms with E-state index in [9.17, 15) is 0 Å². The van der Waals surface area contributed by atoms with E-state index in [0.29, 0.717) is 5.92 Å². The van der Waals surface area contributed by atoms with Crippen molar-refractivity contribution in [2.75, 3.05) is 18.1 Å². The van der Waals surface area contributed by atoms with E-state index in [1.54, 1.807) is 0 Å². The fourth-order valence-corrected chi connectivity index (χ4v) is 2.36. The SMILES string of the molecule is CCCC(C)CSCC(C)CN. The molecule has 0 aliphatic carbocycles. The second-order valence-electron chi connectivity index (χ2n) is 3.77. The van der Waals surface area contributed by atoms with Crippen molar-refractivity contribution in [3.8, 4) is 0 Å². The van der Waals surface area contributed by atoms with Gasteiger partial charge < -0.3 is 5.73 Å². The van der Waals surface area contributed by atoms with Gasteiger partial charge in [-0.1, -0.05) is 33.6 Å². The van der Waals surface area contributed by atoms with Crippen LogP contribution in [0.15, 0.2) is 0 Å². The Bertz CT molecular complexity index is 95.8. The van der Waals surface area contributed by atoms with E-state index >= 15 is 0 Å². The van der Waals surface area contributed by atoms with Crippen LogP contribution in [0.1, 0.15) is 33.6 Å². The topological polar surface area (TPSA) is 26.0 Å². The summed E-state index contributed by atoms with van der Waals surface area (Å²) in [5.74, 6) is 4.09. The normalized spacial score (nSPS) is 16.0. The lowest BCUT2D eigenvalue weighted by atomic mass is 10.1. The number of nitrogens with two attached hydrogens (primary N) is 1. The number of rotatable bonds is 7. The Morgan fingerprint density at radius 3 is 2.25 bits per heavy atom. The molecule has 2 atom stereocenters. The van der Waals surface area contributed by atoms with E-state index in [4.69, 9.17) is 5.73 Å². The predicted molar refractivity (Wildman–Crippen MR) is 59.6 cm³/mol. The second-order valence-corrected chi connectivity index (χ2v) is 4.85. The summed E-state index contributed by atoms with van der Waals surface area (Å²) in [6.07, 6.45) is 2.68. The van der Waals surface area contributed by atoms with Gasteiger partial charge in [0, 0.05) is 0 Å². The summed E-state index contributed by atoms with van der Waals surface area (Å²) in [4.78, 5) is 0. The average Bonchev–Trinajstić information content (AvgIpc) is 2.04. The molecule has 2 N–H and O–H groups in total. The Morgan fingerprint density at radius 1 is 1.17 bits per heavy atom. The predicted octanol–water partition coefficient (Wildman–Crippen LogP) is 2.75. The molecule has 0 aliphatic heterocycles. The molecule has 2 heteroatoms. The van der Waals surface area contributed by atoms with Crippen LogP contribution in [0.25, 0.3) is 0 Å². The molecule has 0 radical (unpaired) electrons. The van der Waals surface area contributed by atoms with Gasteiger partial charge >= 0.3 is 0 Å². The zero-order chi connectivity index (χ0) is 9.40. The van der Waals surface area contributed by atoms with Crippen LogP contribution in [0.2, 0.25) is 0 Å². The van der Waals surface area contributed by atoms with E-state index in [-0.39, 0.29) is 0 Å². The van der Waals surface area contributed by atoms with Crippen LogP contribution in [0.5, 0.6) is 0 Å².